The van der Waals surface area contributed by atoms with Crippen molar-refractivity contribution in [3.8, 4) is 6.07 Å². The second kappa shape index (κ2) is 6.72. The van der Waals surface area contributed by atoms with Crippen LogP contribution in [-0.2, 0) is 17.6 Å². The van der Waals surface area contributed by atoms with Gasteiger partial charge in [0, 0.05) is 6.54 Å². The minimum absolute atomic E-state index is 0.0138. The van der Waals surface area contributed by atoms with Crippen LogP contribution in [-0.4, -0.2) is 12.5 Å². The first-order valence-corrected chi connectivity index (χ1v) is 6.99. The first kappa shape index (κ1) is 13.3. The summed E-state index contributed by atoms with van der Waals surface area (Å²) in [5.41, 5.74) is 2.79. The summed E-state index contributed by atoms with van der Waals surface area (Å²) in [5, 5.41) is 15.7. The van der Waals surface area contributed by atoms with Crippen LogP contribution in [0.2, 0.25) is 0 Å². The molecule has 0 atom stereocenters. The summed E-state index contributed by atoms with van der Waals surface area (Å²) in [7, 11) is 0. The van der Waals surface area contributed by atoms with Gasteiger partial charge in [-0.3, -0.25) is 4.79 Å². The molecule has 0 saturated heterocycles. The molecule has 0 aliphatic heterocycles. The number of nitrogens with one attached hydrogen (secondary N) is 1. The quantitative estimate of drug-likeness (QED) is 0.907. The number of nitriles is 1. The van der Waals surface area contributed by atoms with Gasteiger partial charge in [-0.25, -0.2) is 0 Å². The zero-order valence-corrected chi connectivity index (χ0v) is 11.2. The van der Waals surface area contributed by atoms with Crippen LogP contribution in [0.1, 0.15) is 16.7 Å². The molecule has 1 aromatic heterocycles. The van der Waals surface area contributed by atoms with E-state index in [9.17, 15) is 4.79 Å². The van der Waals surface area contributed by atoms with E-state index in [-0.39, 0.29) is 5.91 Å². The predicted octanol–water partition coefficient (Wildman–Crippen LogP) is 2.52. The third kappa shape index (κ3) is 4.23. The lowest BCUT2D eigenvalue weighted by Gasteiger charge is -2.04. The monoisotopic (exact) mass is 270 g/mol. The molecular formula is C15H14N2OS. The molecule has 0 aliphatic carbocycles. The maximum absolute atomic E-state index is 11.7. The Bertz CT molecular complexity index is 567. The van der Waals surface area contributed by atoms with E-state index in [0.717, 1.165) is 12.0 Å². The van der Waals surface area contributed by atoms with E-state index in [1.807, 2.05) is 17.5 Å². The van der Waals surface area contributed by atoms with Crippen LogP contribution < -0.4 is 5.32 Å². The summed E-state index contributed by atoms with van der Waals surface area (Å²) in [5.74, 6) is 0.0138. The van der Waals surface area contributed by atoms with Crippen molar-refractivity contribution in [3.63, 3.8) is 0 Å². The minimum atomic E-state index is 0.0138. The average molecular weight is 270 g/mol. The second-order valence-corrected chi connectivity index (χ2v) is 5.00. The summed E-state index contributed by atoms with van der Waals surface area (Å²) in [6, 6.07) is 11.2. The number of rotatable bonds is 5. The van der Waals surface area contributed by atoms with Crippen LogP contribution >= 0.6 is 11.3 Å². The lowest BCUT2D eigenvalue weighted by Crippen LogP contribution is -2.27. The molecule has 4 heteroatoms. The highest BCUT2D eigenvalue weighted by molar-refractivity contribution is 7.07. The van der Waals surface area contributed by atoms with Crippen molar-refractivity contribution < 1.29 is 4.79 Å². The highest BCUT2D eigenvalue weighted by atomic mass is 32.1. The van der Waals surface area contributed by atoms with Gasteiger partial charge in [-0.05, 0) is 46.5 Å². The Kier molecular flexibility index (Phi) is 4.71. The zero-order chi connectivity index (χ0) is 13.5. The number of carbonyl (C=O) groups excluding carboxylic acids is 1. The van der Waals surface area contributed by atoms with E-state index < -0.39 is 0 Å². The fraction of sp³-hybridized carbons (Fsp3) is 0.200. The predicted molar refractivity (Wildman–Crippen MR) is 75.9 cm³/mol. The number of amides is 1. The average Bonchev–Trinajstić information content (AvgIpc) is 2.93. The Morgan fingerprint density at radius 1 is 1.21 bits per heavy atom. The summed E-state index contributed by atoms with van der Waals surface area (Å²) in [4.78, 5) is 11.7. The molecule has 0 spiro atoms. The van der Waals surface area contributed by atoms with Crippen LogP contribution in [0, 0.1) is 11.3 Å². The van der Waals surface area contributed by atoms with Gasteiger partial charge in [-0.2, -0.15) is 16.6 Å². The minimum Gasteiger partial charge on any atom is -0.355 e. The molecule has 19 heavy (non-hydrogen) atoms. The molecule has 0 fully saturated rings. The largest absolute Gasteiger partial charge is 0.355 e. The lowest BCUT2D eigenvalue weighted by molar-refractivity contribution is -0.120. The molecule has 1 N–H and O–H groups in total. The van der Waals surface area contributed by atoms with Crippen molar-refractivity contribution in [1.29, 1.82) is 5.26 Å². The molecule has 1 aromatic carbocycles. The molecule has 0 unspecified atom stereocenters. The van der Waals surface area contributed by atoms with Crippen molar-refractivity contribution >= 4 is 17.2 Å². The number of hydrogen-bond acceptors (Lipinski definition) is 3. The molecule has 0 radical (unpaired) electrons. The molecule has 0 saturated carbocycles. The summed E-state index contributed by atoms with van der Waals surface area (Å²) in [6.07, 6.45) is 1.22. The van der Waals surface area contributed by atoms with Crippen LogP contribution in [0.5, 0.6) is 0 Å². The van der Waals surface area contributed by atoms with Gasteiger partial charge in [0.2, 0.25) is 5.91 Å². The Morgan fingerprint density at radius 3 is 2.63 bits per heavy atom. The standard InChI is InChI=1S/C15H14N2OS/c16-10-13-3-1-12(2-4-13)9-15(18)17-7-5-14-6-8-19-11-14/h1-4,6,8,11H,5,7,9H2,(H,17,18). The topological polar surface area (TPSA) is 52.9 Å². The summed E-state index contributed by atoms with van der Waals surface area (Å²) in [6.45, 7) is 0.659. The highest BCUT2D eigenvalue weighted by Gasteiger charge is 2.03. The van der Waals surface area contributed by atoms with Crippen molar-refractivity contribution in [2.45, 2.75) is 12.8 Å². The van der Waals surface area contributed by atoms with E-state index in [1.165, 1.54) is 5.56 Å². The van der Waals surface area contributed by atoms with Gasteiger partial charge in [0.25, 0.3) is 0 Å². The van der Waals surface area contributed by atoms with Crippen molar-refractivity contribution in [2.24, 2.45) is 0 Å². The van der Waals surface area contributed by atoms with Crippen molar-refractivity contribution in [1.82, 2.24) is 5.32 Å². The molecule has 2 rings (SSSR count). The van der Waals surface area contributed by atoms with E-state index in [4.69, 9.17) is 5.26 Å². The van der Waals surface area contributed by atoms with Crippen LogP contribution in [0.4, 0.5) is 0 Å². The Labute approximate surface area is 116 Å². The summed E-state index contributed by atoms with van der Waals surface area (Å²) < 4.78 is 0. The van der Waals surface area contributed by atoms with Crippen LogP contribution in [0.25, 0.3) is 0 Å². The molecule has 3 nitrogen and oxygen atoms in total. The first-order valence-electron chi connectivity index (χ1n) is 6.05. The van der Waals surface area contributed by atoms with E-state index in [2.05, 4.69) is 22.8 Å². The lowest BCUT2D eigenvalue weighted by atomic mass is 10.1. The first-order chi connectivity index (χ1) is 9.28. The molecule has 96 valence electrons. The highest BCUT2D eigenvalue weighted by Crippen LogP contribution is 2.06. The van der Waals surface area contributed by atoms with E-state index >= 15 is 0 Å². The third-order valence-electron chi connectivity index (χ3n) is 2.76. The van der Waals surface area contributed by atoms with Gasteiger partial charge in [0.15, 0.2) is 0 Å². The van der Waals surface area contributed by atoms with E-state index in [0.29, 0.717) is 18.5 Å². The SMILES string of the molecule is N#Cc1ccc(CC(=O)NCCc2ccsc2)cc1. The number of thiophene rings is 1. The van der Waals surface area contributed by atoms with Crippen molar-refractivity contribution in [3.05, 3.63) is 57.8 Å². The molecule has 0 aliphatic rings. The Balaban J connectivity index is 1.76. The molecule has 2 aromatic rings. The van der Waals surface area contributed by atoms with Crippen LogP contribution in [0.15, 0.2) is 41.1 Å². The van der Waals surface area contributed by atoms with Gasteiger partial charge < -0.3 is 5.32 Å². The Morgan fingerprint density at radius 2 is 2.00 bits per heavy atom. The smallest absolute Gasteiger partial charge is 0.224 e. The number of benzene rings is 1. The molecule has 0 bridgehead atoms. The fourth-order valence-electron chi connectivity index (χ4n) is 1.73. The molecule has 1 heterocycles. The number of nitrogens with zero attached hydrogens (tertiary/aromatic N) is 1. The Hall–Kier alpha value is -2.12. The third-order valence-corrected chi connectivity index (χ3v) is 3.50. The van der Waals surface area contributed by atoms with Gasteiger partial charge in [0.05, 0.1) is 18.1 Å². The van der Waals surface area contributed by atoms with Gasteiger partial charge in [0.1, 0.15) is 0 Å². The zero-order valence-electron chi connectivity index (χ0n) is 10.4. The molecular weight excluding hydrogens is 256 g/mol. The fourth-order valence-corrected chi connectivity index (χ4v) is 2.43. The van der Waals surface area contributed by atoms with Crippen molar-refractivity contribution in [2.75, 3.05) is 6.54 Å². The van der Waals surface area contributed by atoms with E-state index in [1.54, 1.807) is 23.5 Å². The van der Waals surface area contributed by atoms with Gasteiger partial charge in [-0.1, -0.05) is 12.1 Å². The number of hydrogen-bond donors (Lipinski definition) is 1. The normalized spacial score (nSPS) is 9.84. The maximum atomic E-state index is 11.7. The van der Waals surface area contributed by atoms with Gasteiger partial charge >= 0.3 is 0 Å². The second-order valence-electron chi connectivity index (χ2n) is 4.22. The molecule has 1 amide bonds. The van der Waals surface area contributed by atoms with Gasteiger partial charge in [-0.15, -0.1) is 0 Å². The maximum Gasteiger partial charge on any atom is 0.224 e. The van der Waals surface area contributed by atoms with Crippen LogP contribution in [0.3, 0.4) is 0 Å². The number of carbonyl (C=O) groups is 1. The summed E-state index contributed by atoms with van der Waals surface area (Å²) >= 11 is 1.67.